The van der Waals surface area contributed by atoms with Crippen molar-refractivity contribution in [2.45, 2.75) is 40.2 Å². The smallest absolute Gasteiger partial charge is 0.224 e. The molecule has 0 aliphatic heterocycles. The Kier molecular flexibility index (Phi) is 6.71. The number of hydrogen-bond acceptors (Lipinski definition) is 5. The minimum Gasteiger partial charge on any atom is -0.366 e. The Morgan fingerprint density at radius 2 is 2.00 bits per heavy atom. The maximum absolute atomic E-state index is 4.56. The Morgan fingerprint density at radius 1 is 1.30 bits per heavy atom. The number of hydrogen-bond donors (Lipinski definition) is 2. The van der Waals surface area contributed by atoms with Crippen LogP contribution < -0.4 is 10.6 Å². The summed E-state index contributed by atoms with van der Waals surface area (Å²) >= 11 is 0. The molecule has 114 valence electrons. The summed E-state index contributed by atoms with van der Waals surface area (Å²) in [7, 11) is 4.21. The molecule has 5 nitrogen and oxygen atoms in total. The van der Waals surface area contributed by atoms with Crippen molar-refractivity contribution >= 4 is 11.8 Å². The van der Waals surface area contributed by atoms with Gasteiger partial charge in [0.1, 0.15) is 5.82 Å². The molecule has 1 heterocycles. The number of anilines is 2. The molecule has 1 aromatic heterocycles. The van der Waals surface area contributed by atoms with Crippen LogP contribution in [0.5, 0.6) is 0 Å². The molecular weight excluding hydrogens is 250 g/mol. The van der Waals surface area contributed by atoms with Gasteiger partial charge in [-0.25, -0.2) is 4.98 Å². The first-order valence-electron chi connectivity index (χ1n) is 7.41. The van der Waals surface area contributed by atoms with Gasteiger partial charge in [-0.2, -0.15) is 4.98 Å². The fourth-order valence-corrected chi connectivity index (χ4v) is 2.21. The van der Waals surface area contributed by atoms with Gasteiger partial charge in [0, 0.05) is 30.9 Å². The van der Waals surface area contributed by atoms with Crippen LogP contribution in [0.3, 0.4) is 0 Å². The molecule has 1 atom stereocenters. The molecule has 0 spiro atoms. The standard InChI is InChI=1S/C15H29N5/c1-7-16-15-17-9-12(4)14(19-15)18-13(8-11(2)3)10-20(5)6/h9,11,13H,7-8,10H2,1-6H3,(H2,16,17,18,19). The Balaban J connectivity index is 2.82. The van der Waals surface area contributed by atoms with Crippen LogP contribution in [0.4, 0.5) is 11.8 Å². The second-order valence-electron chi connectivity index (χ2n) is 5.99. The molecule has 0 saturated heterocycles. The fourth-order valence-electron chi connectivity index (χ4n) is 2.21. The number of likely N-dealkylation sites (N-methyl/N-ethyl adjacent to an activating group) is 1. The summed E-state index contributed by atoms with van der Waals surface area (Å²) in [5.74, 6) is 2.28. The Hall–Kier alpha value is -1.36. The van der Waals surface area contributed by atoms with Crippen LogP contribution in [0.2, 0.25) is 0 Å². The van der Waals surface area contributed by atoms with Gasteiger partial charge in [-0.15, -0.1) is 0 Å². The molecule has 0 aliphatic rings. The summed E-state index contributed by atoms with van der Waals surface area (Å²) in [5.41, 5.74) is 1.08. The number of nitrogens with one attached hydrogen (secondary N) is 2. The molecule has 0 aromatic carbocycles. The van der Waals surface area contributed by atoms with Crippen molar-refractivity contribution in [3.05, 3.63) is 11.8 Å². The molecule has 0 amide bonds. The minimum atomic E-state index is 0.396. The molecule has 0 bridgehead atoms. The summed E-state index contributed by atoms with van der Waals surface area (Å²) in [4.78, 5) is 11.1. The first-order chi connectivity index (χ1) is 9.42. The van der Waals surface area contributed by atoms with Crippen molar-refractivity contribution in [3.63, 3.8) is 0 Å². The normalized spacial score (nSPS) is 12.8. The number of nitrogens with zero attached hydrogens (tertiary/aromatic N) is 3. The second-order valence-corrected chi connectivity index (χ2v) is 5.99. The van der Waals surface area contributed by atoms with E-state index in [-0.39, 0.29) is 0 Å². The highest BCUT2D eigenvalue weighted by Gasteiger charge is 2.14. The lowest BCUT2D eigenvalue weighted by Gasteiger charge is -2.25. The Labute approximate surface area is 123 Å². The van der Waals surface area contributed by atoms with Crippen LogP contribution in [0.25, 0.3) is 0 Å². The van der Waals surface area contributed by atoms with Crippen LogP contribution in [0.1, 0.15) is 32.8 Å². The molecule has 20 heavy (non-hydrogen) atoms. The molecule has 0 fully saturated rings. The Morgan fingerprint density at radius 3 is 2.55 bits per heavy atom. The third kappa shape index (κ3) is 5.74. The zero-order chi connectivity index (χ0) is 15.1. The van der Waals surface area contributed by atoms with E-state index in [0.29, 0.717) is 17.9 Å². The van der Waals surface area contributed by atoms with Crippen LogP contribution >= 0.6 is 0 Å². The quantitative estimate of drug-likeness (QED) is 0.766. The van der Waals surface area contributed by atoms with E-state index in [0.717, 1.165) is 30.9 Å². The second kappa shape index (κ2) is 8.04. The van der Waals surface area contributed by atoms with Crippen LogP contribution in [0, 0.1) is 12.8 Å². The topological polar surface area (TPSA) is 53.1 Å². The fraction of sp³-hybridized carbons (Fsp3) is 0.733. The van der Waals surface area contributed by atoms with Gasteiger partial charge in [0.15, 0.2) is 0 Å². The van der Waals surface area contributed by atoms with Gasteiger partial charge in [0.05, 0.1) is 0 Å². The van der Waals surface area contributed by atoms with Gasteiger partial charge in [0.25, 0.3) is 0 Å². The van der Waals surface area contributed by atoms with E-state index in [1.54, 1.807) is 0 Å². The van der Waals surface area contributed by atoms with Gasteiger partial charge in [-0.05, 0) is 40.3 Å². The molecule has 1 unspecified atom stereocenters. The lowest BCUT2D eigenvalue weighted by atomic mass is 10.0. The van der Waals surface area contributed by atoms with E-state index in [4.69, 9.17) is 0 Å². The lowest BCUT2D eigenvalue weighted by molar-refractivity contribution is 0.356. The van der Waals surface area contributed by atoms with Crippen molar-refractivity contribution in [2.75, 3.05) is 37.8 Å². The van der Waals surface area contributed by atoms with Crippen molar-refractivity contribution < 1.29 is 0 Å². The van der Waals surface area contributed by atoms with Gasteiger partial charge in [-0.1, -0.05) is 13.8 Å². The highest BCUT2D eigenvalue weighted by Crippen LogP contribution is 2.17. The molecule has 1 aromatic rings. The summed E-state index contributed by atoms with van der Waals surface area (Å²) in [6.07, 6.45) is 2.99. The molecule has 0 aliphatic carbocycles. The number of rotatable bonds is 8. The van der Waals surface area contributed by atoms with E-state index in [9.17, 15) is 0 Å². The first kappa shape index (κ1) is 16.7. The van der Waals surface area contributed by atoms with Gasteiger partial charge in [-0.3, -0.25) is 0 Å². The number of aromatic nitrogens is 2. The average molecular weight is 279 g/mol. The number of aryl methyl sites for hydroxylation is 1. The molecule has 0 radical (unpaired) electrons. The Bertz CT molecular complexity index is 393. The van der Waals surface area contributed by atoms with E-state index >= 15 is 0 Å². The van der Waals surface area contributed by atoms with E-state index in [1.807, 2.05) is 20.0 Å². The minimum absolute atomic E-state index is 0.396. The lowest BCUT2D eigenvalue weighted by Crippen LogP contribution is -2.34. The van der Waals surface area contributed by atoms with Crippen molar-refractivity contribution in [1.82, 2.24) is 14.9 Å². The zero-order valence-electron chi connectivity index (χ0n) is 13.7. The molecule has 1 rings (SSSR count). The van der Waals surface area contributed by atoms with Crippen LogP contribution in [0.15, 0.2) is 6.20 Å². The van der Waals surface area contributed by atoms with E-state index in [1.165, 1.54) is 0 Å². The van der Waals surface area contributed by atoms with Crippen LogP contribution in [-0.4, -0.2) is 48.1 Å². The molecule has 2 N–H and O–H groups in total. The molecular formula is C15H29N5. The zero-order valence-corrected chi connectivity index (χ0v) is 13.7. The van der Waals surface area contributed by atoms with Crippen molar-refractivity contribution in [2.24, 2.45) is 5.92 Å². The largest absolute Gasteiger partial charge is 0.366 e. The highest BCUT2D eigenvalue weighted by molar-refractivity contribution is 5.47. The summed E-state index contributed by atoms with van der Waals surface area (Å²) in [5, 5.41) is 6.73. The van der Waals surface area contributed by atoms with Crippen molar-refractivity contribution in [1.29, 1.82) is 0 Å². The summed E-state index contributed by atoms with van der Waals surface area (Å²) < 4.78 is 0. The van der Waals surface area contributed by atoms with Crippen molar-refractivity contribution in [3.8, 4) is 0 Å². The van der Waals surface area contributed by atoms with Gasteiger partial charge < -0.3 is 15.5 Å². The average Bonchev–Trinajstić information content (AvgIpc) is 2.32. The van der Waals surface area contributed by atoms with Crippen LogP contribution in [-0.2, 0) is 0 Å². The summed E-state index contributed by atoms with van der Waals surface area (Å²) in [6, 6.07) is 0.396. The van der Waals surface area contributed by atoms with Gasteiger partial charge in [0.2, 0.25) is 5.95 Å². The van der Waals surface area contributed by atoms with E-state index in [2.05, 4.69) is 53.4 Å². The predicted octanol–water partition coefficient (Wildman–Crippen LogP) is 2.61. The molecule has 5 heteroatoms. The van der Waals surface area contributed by atoms with E-state index < -0.39 is 0 Å². The summed E-state index contributed by atoms with van der Waals surface area (Å²) in [6.45, 7) is 10.4. The van der Waals surface area contributed by atoms with Gasteiger partial charge >= 0.3 is 0 Å². The third-order valence-electron chi connectivity index (χ3n) is 2.99. The maximum atomic E-state index is 4.56. The SMILES string of the molecule is CCNc1ncc(C)c(NC(CC(C)C)CN(C)C)n1. The first-order valence-corrected chi connectivity index (χ1v) is 7.41. The molecule has 0 saturated carbocycles. The third-order valence-corrected chi connectivity index (χ3v) is 2.99. The highest BCUT2D eigenvalue weighted by atomic mass is 15.2. The predicted molar refractivity (Wildman–Crippen MR) is 86.4 cm³/mol. The maximum Gasteiger partial charge on any atom is 0.224 e. The monoisotopic (exact) mass is 279 g/mol.